The van der Waals surface area contributed by atoms with Crippen molar-refractivity contribution < 1.29 is 9.53 Å². The highest BCUT2D eigenvalue weighted by Crippen LogP contribution is 2.24. The molecular formula is C7H7N3O2. The van der Waals surface area contributed by atoms with Crippen molar-refractivity contribution in [2.75, 3.05) is 5.32 Å². The van der Waals surface area contributed by atoms with Gasteiger partial charge in [-0.1, -0.05) is 0 Å². The van der Waals surface area contributed by atoms with Gasteiger partial charge in [-0.05, 0) is 12.1 Å². The van der Waals surface area contributed by atoms with E-state index in [-0.39, 0.29) is 5.91 Å². The van der Waals surface area contributed by atoms with Crippen molar-refractivity contribution in [2.24, 2.45) is 5.73 Å². The number of hydrogen-bond donors (Lipinski definition) is 2. The highest BCUT2D eigenvalue weighted by molar-refractivity contribution is 5.96. The molecule has 5 heteroatoms. The van der Waals surface area contributed by atoms with E-state index in [1.165, 1.54) is 0 Å². The minimum Gasteiger partial charge on any atom is -0.462 e. The van der Waals surface area contributed by atoms with Crippen molar-refractivity contribution in [1.29, 1.82) is 0 Å². The number of rotatable bonds is 0. The van der Waals surface area contributed by atoms with E-state index < -0.39 is 6.23 Å². The lowest BCUT2D eigenvalue weighted by Crippen LogP contribution is -2.43. The van der Waals surface area contributed by atoms with Crippen LogP contribution in [0.25, 0.3) is 0 Å². The third kappa shape index (κ3) is 0.998. The second-order valence-electron chi connectivity index (χ2n) is 2.38. The van der Waals surface area contributed by atoms with Gasteiger partial charge >= 0.3 is 0 Å². The standard InChI is InChI=1S/C7H7N3O2/c8-5-7(11)10-6-4(12-5)2-1-3-9-6/h1-3,5H,8H2,(H,9,10,11). The number of pyridine rings is 1. The zero-order valence-electron chi connectivity index (χ0n) is 6.15. The number of fused-ring (bicyclic) bond motifs is 1. The molecule has 1 aromatic rings. The molecule has 0 spiro atoms. The van der Waals surface area contributed by atoms with E-state index in [2.05, 4.69) is 10.3 Å². The van der Waals surface area contributed by atoms with Crippen LogP contribution in [0.1, 0.15) is 0 Å². The average Bonchev–Trinajstić information content (AvgIpc) is 2.07. The average molecular weight is 165 g/mol. The van der Waals surface area contributed by atoms with Gasteiger partial charge < -0.3 is 10.1 Å². The fourth-order valence-electron chi connectivity index (χ4n) is 0.958. The van der Waals surface area contributed by atoms with Crippen molar-refractivity contribution in [2.45, 2.75) is 6.23 Å². The van der Waals surface area contributed by atoms with E-state index in [0.29, 0.717) is 11.6 Å². The Morgan fingerprint density at radius 2 is 2.50 bits per heavy atom. The normalized spacial score (nSPS) is 20.8. The van der Waals surface area contributed by atoms with Gasteiger partial charge in [-0.3, -0.25) is 10.5 Å². The Morgan fingerprint density at radius 3 is 3.33 bits per heavy atom. The number of aromatic nitrogens is 1. The number of nitrogens with two attached hydrogens (primary N) is 1. The Labute approximate surface area is 68.5 Å². The maximum atomic E-state index is 11.0. The molecule has 2 heterocycles. The first-order chi connectivity index (χ1) is 5.77. The topological polar surface area (TPSA) is 77.2 Å². The summed E-state index contributed by atoms with van der Waals surface area (Å²) in [6.07, 6.45) is 0.640. The maximum absolute atomic E-state index is 11.0. The van der Waals surface area contributed by atoms with Crippen LogP contribution >= 0.6 is 0 Å². The Balaban J connectivity index is 2.40. The quantitative estimate of drug-likeness (QED) is 0.553. The number of hydrogen-bond acceptors (Lipinski definition) is 4. The molecule has 5 nitrogen and oxygen atoms in total. The lowest BCUT2D eigenvalue weighted by Gasteiger charge is -2.21. The first kappa shape index (κ1) is 7.05. The number of nitrogens with one attached hydrogen (secondary N) is 1. The van der Waals surface area contributed by atoms with E-state index in [0.717, 1.165) is 0 Å². The van der Waals surface area contributed by atoms with Gasteiger partial charge in [-0.2, -0.15) is 0 Å². The molecule has 0 aliphatic carbocycles. The lowest BCUT2D eigenvalue weighted by atomic mass is 10.3. The zero-order chi connectivity index (χ0) is 8.55. The Morgan fingerprint density at radius 1 is 1.67 bits per heavy atom. The SMILES string of the molecule is NC1Oc2cccnc2NC1=O. The van der Waals surface area contributed by atoms with Crippen LogP contribution in [0.4, 0.5) is 5.82 Å². The molecule has 0 bridgehead atoms. The monoisotopic (exact) mass is 165 g/mol. The largest absolute Gasteiger partial charge is 0.462 e. The van der Waals surface area contributed by atoms with Gasteiger partial charge in [-0.25, -0.2) is 4.98 Å². The van der Waals surface area contributed by atoms with Gasteiger partial charge in [-0.15, -0.1) is 0 Å². The van der Waals surface area contributed by atoms with Crippen LogP contribution in [0.3, 0.4) is 0 Å². The van der Waals surface area contributed by atoms with Crippen molar-refractivity contribution in [3.63, 3.8) is 0 Å². The zero-order valence-corrected chi connectivity index (χ0v) is 6.15. The molecule has 12 heavy (non-hydrogen) atoms. The molecule has 0 saturated heterocycles. The molecule has 1 aliphatic rings. The van der Waals surface area contributed by atoms with E-state index in [1.54, 1.807) is 18.3 Å². The van der Waals surface area contributed by atoms with Crippen LogP contribution in [0.15, 0.2) is 18.3 Å². The molecule has 1 aliphatic heterocycles. The van der Waals surface area contributed by atoms with Crippen molar-refractivity contribution >= 4 is 11.7 Å². The molecule has 1 aromatic heterocycles. The highest BCUT2D eigenvalue weighted by Gasteiger charge is 2.24. The van der Waals surface area contributed by atoms with E-state index in [9.17, 15) is 4.79 Å². The van der Waals surface area contributed by atoms with E-state index >= 15 is 0 Å². The lowest BCUT2D eigenvalue weighted by molar-refractivity contribution is -0.123. The van der Waals surface area contributed by atoms with E-state index in [1.807, 2.05) is 0 Å². The number of carbonyl (C=O) groups excluding carboxylic acids is 1. The van der Waals surface area contributed by atoms with E-state index in [4.69, 9.17) is 10.5 Å². The fourth-order valence-corrected chi connectivity index (χ4v) is 0.958. The van der Waals surface area contributed by atoms with Crippen LogP contribution in [-0.4, -0.2) is 17.1 Å². The van der Waals surface area contributed by atoms with Gasteiger partial charge in [0.2, 0.25) is 6.23 Å². The molecule has 1 unspecified atom stereocenters. The van der Waals surface area contributed by atoms with Gasteiger partial charge in [0.25, 0.3) is 5.91 Å². The van der Waals surface area contributed by atoms with Gasteiger partial charge in [0.1, 0.15) is 0 Å². The van der Waals surface area contributed by atoms with Crippen molar-refractivity contribution in [1.82, 2.24) is 4.98 Å². The summed E-state index contributed by atoms with van der Waals surface area (Å²) in [7, 11) is 0. The first-order valence-corrected chi connectivity index (χ1v) is 3.45. The summed E-state index contributed by atoms with van der Waals surface area (Å²) in [5, 5.41) is 2.51. The van der Waals surface area contributed by atoms with Crippen molar-refractivity contribution in [3.8, 4) is 5.75 Å². The predicted molar refractivity (Wildman–Crippen MR) is 41.5 cm³/mol. The molecule has 3 N–H and O–H groups in total. The third-order valence-electron chi connectivity index (χ3n) is 1.52. The Kier molecular flexibility index (Phi) is 1.44. The van der Waals surface area contributed by atoms with Crippen LogP contribution < -0.4 is 15.8 Å². The smallest absolute Gasteiger partial charge is 0.281 e. The molecule has 0 fully saturated rings. The van der Waals surface area contributed by atoms with Crippen molar-refractivity contribution in [3.05, 3.63) is 18.3 Å². The molecule has 2 rings (SSSR count). The van der Waals surface area contributed by atoms with Crippen LogP contribution in [0.5, 0.6) is 5.75 Å². The molecule has 1 atom stereocenters. The summed E-state index contributed by atoms with van der Waals surface area (Å²) in [6.45, 7) is 0. The Bertz CT molecular complexity index is 326. The van der Waals surface area contributed by atoms with Gasteiger partial charge in [0.05, 0.1) is 0 Å². The van der Waals surface area contributed by atoms with Crippen LogP contribution in [0.2, 0.25) is 0 Å². The minimum absolute atomic E-state index is 0.374. The molecule has 0 aromatic carbocycles. The number of amides is 1. The molecular weight excluding hydrogens is 158 g/mol. The molecule has 62 valence electrons. The predicted octanol–water partition coefficient (Wildman–Crippen LogP) is -0.303. The summed E-state index contributed by atoms with van der Waals surface area (Å²) < 4.78 is 5.05. The first-order valence-electron chi connectivity index (χ1n) is 3.45. The summed E-state index contributed by atoms with van der Waals surface area (Å²) in [4.78, 5) is 14.8. The fraction of sp³-hybridized carbons (Fsp3) is 0.143. The van der Waals surface area contributed by atoms with Gasteiger partial charge in [0.15, 0.2) is 11.6 Å². The number of carbonyl (C=O) groups is 1. The maximum Gasteiger partial charge on any atom is 0.281 e. The summed E-state index contributed by atoms with van der Waals surface area (Å²) in [6, 6.07) is 3.41. The Hall–Kier alpha value is -1.62. The second kappa shape index (κ2) is 2.46. The molecule has 1 amide bonds. The number of nitrogens with zero attached hydrogens (tertiary/aromatic N) is 1. The molecule has 0 saturated carbocycles. The highest BCUT2D eigenvalue weighted by atomic mass is 16.5. The summed E-state index contributed by atoms with van der Waals surface area (Å²) >= 11 is 0. The summed E-state index contributed by atoms with van der Waals surface area (Å²) in [5.74, 6) is 0.551. The number of ether oxygens (including phenoxy) is 1. The second-order valence-corrected chi connectivity index (χ2v) is 2.38. The molecule has 0 radical (unpaired) electrons. The number of anilines is 1. The summed E-state index contributed by atoms with van der Waals surface area (Å²) in [5.41, 5.74) is 5.33. The minimum atomic E-state index is -0.929. The van der Waals surface area contributed by atoms with Gasteiger partial charge in [0, 0.05) is 6.20 Å². The van der Waals surface area contributed by atoms with Crippen LogP contribution in [-0.2, 0) is 4.79 Å². The third-order valence-corrected chi connectivity index (χ3v) is 1.52. The van der Waals surface area contributed by atoms with Crippen LogP contribution in [0, 0.1) is 0 Å².